The molecule has 59 heavy (non-hydrogen) atoms. The van der Waals surface area contributed by atoms with Gasteiger partial charge in [0.05, 0.1) is 34.4 Å². The van der Waals surface area contributed by atoms with Gasteiger partial charge in [-0.05, 0) is 12.8 Å². The molecule has 0 amide bonds. The van der Waals surface area contributed by atoms with Crippen LogP contribution in [0.15, 0.2) is 0 Å². The van der Waals surface area contributed by atoms with Crippen molar-refractivity contribution in [2.24, 2.45) is 0 Å². The molecule has 0 aliphatic carbocycles. The van der Waals surface area contributed by atoms with E-state index >= 15 is 0 Å². The molecule has 0 aromatic heterocycles. The van der Waals surface area contributed by atoms with E-state index in [9.17, 15) is 14.3 Å². The highest BCUT2D eigenvalue weighted by atomic mass is 31.2. The lowest BCUT2D eigenvalue weighted by atomic mass is 10.0. The number of nitrogens with zero attached hydrogens (tertiary/aromatic N) is 1. The first-order chi connectivity index (χ1) is 28.6. The minimum absolute atomic E-state index is 0.0317. The van der Waals surface area contributed by atoms with Gasteiger partial charge in [-0.3, -0.25) is 9.36 Å². The summed E-state index contributed by atoms with van der Waals surface area (Å²) in [6.45, 7) is 5.49. The van der Waals surface area contributed by atoms with Crippen LogP contribution in [-0.2, 0) is 27.9 Å². The fourth-order valence-corrected chi connectivity index (χ4v) is 8.40. The van der Waals surface area contributed by atoms with Gasteiger partial charge in [0.15, 0.2) is 0 Å². The first-order valence-corrected chi connectivity index (χ1v) is 27.2. The number of quaternary nitrogens is 1. The molecule has 0 aliphatic rings. The quantitative estimate of drug-likeness (QED) is 0.0260. The molecule has 0 N–H and O–H groups in total. The Labute approximate surface area is 368 Å². The van der Waals surface area contributed by atoms with E-state index in [4.69, 9.17) is 18.5 Å². The minimum atomic E-state index is -4.52. The van der Waals surface area contributed by atoms with Crippen LogP contribution in [-0.4, -0.2) is 70.7 Å². The molecular weight excluding hydrogens is 758 g/mol. The van der Waals surface area contributed by atoms with E-state index in [1.54, 1.807) is 0 Å². The Morgan fingerprint density at radius 3 is 1.12 bits per heavy atom. The highest BCUT2D eigenvalue weighted by Crippen LogP contribution is 2.38. The van der Waals surface area contributed by atoms with E-state index in [-0.39, 0.29) is 25.8 Å². The summed E-state index contributed by atoms with van der Waals surface area (Å²) in [7, 11) is 1.38. The third-order valence-corrected chi connectivity index (χ3v) is 12.6. The van der Waals surface area contributed by atoms with Crippen molar-refractivity contribution in [2.45, 2.75) is 264 Å². The molecule has 0 rings (SSSR count). The van der Waals surface area contributed by atoms with Gasteiger partial charge >= 0.3 is 5.97 Å². The first kappa shape index (κ1) is 58.5. The Kier molecular flexibility index (Phi) is 43.7. The average molecular weight is 860 g/mol. The number of phosphoric ester groups is 1. The summed E-state index contributed by atoms with van der Waals surface area (Å²) in [6.07, 6.45) is 48.3. The molecule has 0 fully saturated rings. The summed E-state index contributed by atoms with van der Waals surface area (Å²) >= 11 is 0. The van der Waals surface area contributed by atoms with E-state index in [1.165, 1.54) is 205 Å². The zero-order chi connectivity index (χ0) is 43.4. The molecule has 0 heterocycles. The Morgan fingerprint density at radius 2 is 0.780 bits per heavy atom. The molecule has 9 heteroatoms. The van der Waals surface area contributed by atoms with Gasteiger partial charge in [-0.2, -0.15) is 0 Å². The number of carbonyl (C=O) groups excluding carboxylic acids is 1. The number of hydrogen-bond acceptors (Lipinski definition) is 7. The number of phosphoric acid groups is 1. The molecule has 8 nitrogen and oxygen atoms in total. The van der Waals surface area contributed by atoms with Crippen LogP contribution in [0.5, 0.6) is 0 Å². The van der Waals surface area contributed by atoms with E-state index in [0.29, 0.717) is 24.1 Å². The summed E-state index contributed by atoms with van der Waals surface area (Å²) in [6, 6.07) is 0. The lowest BCUT2D eigenvalue weighted by molar-refractivity contribution is -0.870. The van der Waals surface area contributed by atoms with Gasteiger partial charge in [-0.1, -0.05) is 239 Å². The summed E-state index contributed by atoms with van der Waals surface area (Å²) in [5, 5.41) is 0. The number of carbonyl (C=O) groups is 1. The lowest BCUT2D eigenvalue weighted by Gasteiger charge is -2.28. The van der Waals surface area contributed by atoms with Crippen molar-refractivity contribution < 1.29 is 37.3 Å². The van der Waals surface area contributed by atoms with Gasteiger partial charge in [0.1, 0.15) is 19.3 Å². The number of unbranched alkanes of at least 4 members (excludes halogenated alkanes) is 35. The van der Waals surface area contributed by atoms with Crippen LogP contribution >= 0.6 is 7.82 Å². The van der Waals surface area contributed by atoms with Gasteiger partial charge < -0.3 is 27.9 Å². The van der Waals surface area contributed by atoms with Crippen LogP contribution in [0.3, 0.4) is 0 Å². The number of esters is 1. The van der Waals surface area contributed by atoms with Crippen LogP contribution in [0, 0.1) is 0 Å². The fraction of sp³-hybridized carbons (Fsp3) is 0.980. The fourth-order valence-electron chi connectivity index (χ4n) is 7.67. The van der Waals surface area contributed by atoms with Gasteiger partial charge in [-0.25, -0.2) is 0 Å². The van der Waals surface area contributed by atoms with Crippen molar-refractivity contribution in [1.29, 1.82) is 0 Å². The highest BCUT2D eigenvalue weighted by Gasteiger charge is 2.20. The summed E-state index contributed by atoms with van der Waals surface area (Å²) < 4.78 is 34.8. The second-order valence-electron chi connectivity index (χ2n) is 18.9. The van der Waals surface area contributed by atoms with Gasteiger partial charge in [-0.15, -0.1) is 0 Å². The molecule has 0 aromatic carbocycles. The summed E-state index contributed by atoms with van der Waals surface area (Å²) in [5.74, 6) is -0.325. The number of ether oxygens (including phenoxy) is 2. The van der Waals surface area contributed by atoms with Crippen LogP contribution in [0.2, 0.25) is 0 Å². The largest absolute Gasteiger partial charge is 0.756 e. The maximum absolute atomic E-state index is 12.7. The summed E-state index contributed by atoms with van der Waals surface area (Å²) in [5.41, 5.74) is 0. The Bertz CT molecular complexity index is 914. The van der Waals surface area contributed by atoms with Crippen LogP contribution in [0.25, 0.3) is 0 Å². The smallest absolute Gasteiger partial charge is 0.306 e. The Balaban J connectivity index is 4.08. The average Bonchev–Trinajstić information content (AvgIpc) is 3.19. The number of hydrogen-bond donors (Lipinski definition) is 0. The third-order valence-electron chi connectivity index (χ3n) is 11.7. The molecule has 354 valence electrons. The SMILES string of the molecule is CCCCCCCCCCCCCCCCCCCCCCOCC(COP(=O)([O-])OCC[N+](C)(C)C)OC(=O)CCCCCCCCCCCCCCCCCCC. The van der Waals surface area contributed by atoms with Crippen molar-refractivity contribution in [3.63, 3.8) is 0 Å². The second kappa shape index (κ2) is 44.1. The molecule has 2 unspecified atom stereocenters. The molecule has 0 spiro atoms. The van der Waals surface area contributed by atoms with Crippen molar-refractivity contribution >= 4 is 13.8 Å². The number of rotatable bonds is 49. The van der Waals surface area contributed by atoms with Crippen molar-refractivity contribution in [2.75, 3.05) is 54.1 Å². The molecule has 0 saturated carbocycles. The molecule has 0 saturated heterocycles. The Morgan fingerprint density at radius 1 is 0.458 bits per heavy atom. The first-order valence-electron chi connectivity index (χ1n) is 25.8. The topological polar surface area (TPSA) is 94.1 Å². The second-order valence-corrected chi connectivity index (χ2v) is 20.3. The molecule has 0 radical (unpaired) electrons. The molecule has 0 aliphatic heterocycles. The normalized spacial score (nSPS) is 13.5. The predicted molar refractivity (Wildman–Crippen MR) is 250 cm³/mol. The van der Waals surface area contributed by atoms with Crippen molar-refractivity contribution in [3.05, 3.63) is 0 Å². The molecular formula is C50H102NO7P. The zero-order valence-corrected chi connectivity index (χ0v) is 41.1. The van der Waals surface area contributed by atoms with Gasteiger partial charge in [0, 0.05) is 13.0 Å². The van der Waals surface area contributed by atoms with E-state index in [1.807, 2.05) is 21.1 Å². The number of likely N-dealkylation sites (N-methyl/N-ethyl adjacent to an activating group) is 1. The standard InChI is InChI=1S/C50H102NO7P/c1-6-8-10-12-14-16-18-20-22-24-25-26-28-30-32-34-36-38-40-42-45-55-47-49(48-57-59(53,54)56-46-44-51(3,4)5)58-50(52)43-41-39-37-35-33-31-29-27-23-21-19-17-15-13-11-9-7-2/h49H,6-48H2,1-5H3. The van der Waals surface area contributed by atoms with E-state index in [2.05, 4.69) is 13.8 Å². The van der Waals surface area contributed by atoms with Gasteiger partial charge in [0.2, 0.25) is 0 Å². The summed E-state index contributed by atoms with van der Waals surface area (Å²) in [4.78, 5) is 25.1. The van der Waals surface area contributed by atoms with Crippen molar-refractivity contribution in [3.8, 4) is 0 Å². The minimum Gasteiger partial charge on any atom is -0.756 e. The van der Waals surface area contributed by atoms with E-state index in [0.717, 1.165) is 32.1 Å². The van der Waals surface area contributed by atoms with Gasteiger partial charge in [0.25, 0.3) is 7.82 Å². The highest BCUT2D eigenvalue weighted by molar-refractivity contribution is 7.45. The third kappa shape index (κ3) is 48.4. The van der Waals surface area contributed by atoms with Crippen molar-refractivity contribution in [1.82, 2.24) is 0 Å². The Hall–Kier alpha value is -0.500. The monoisotopic (exact) mass is 860 g/mol. The lowest BCUT2D eigenvalue weighted by Crippen LogP contribution is -2.37. The van der Waals surface area contributed by atoms with E-state index < -0.39 is 13.9 Å². The predicted octanol–water partition coefficient (Wildman–Crippen LogP) is 15.0. The molecule has 0 aromatic rings. The maximum Gasteiger partial charge on any atom is 0.306 e. The maximum atomic E-state index is 12.7. The molecule has 0 bridgehead atoms. The van der Waals surface area contributed by atoms with Crippen LogP contribution < -0.4 is 4.89 Å². The molecule has 2 atom stereocenters. The van der Waals surface area contributed by atoms with Crippen LogP contribution in [0.1, 0.15) is 258 Å². The van der Waals surface area contributed by atoms with Crippen LogP contribution in [0.4, 0.5) is 0 Å². The zero-order valence-electron chi connectivity index (χ0n) is 40.2.